The van der Waals surface area contributed by atoms with E-state index < -0.39 is 17.7 Å². The average Bonchev–Trinajstić information content (AvgIpc) is 2.68. The van der Waals surface area contributed by atoms with Crippen LogP contribution in [0.15, 0.2) is 42.5 Å². The number of hydrogen-bond donors (Lipinski definition) is 1. The average molecular weight is 447 g/mol. The highest BCUT2D eigenvalue weighted by molar-refractivity contribution is 7.80. The fourth-order valence-electron chi connectivity index (χ4n) is 4.24. The van der Waals surface area contributed by atoms with Crippen LogP contribution in [0.1, 0.15) is 32.4 Å². The van der Waals surface area contributed by atoms with Gasteiger partial charge in [0.1, 0.15) is 5.92 Å². The lowest BCUT2D eigenvalue weighted by Gasteiger charge is -2.55. The van der Waals surface area contributed by atoms with E-state index in [0.29, 0.717) is 33.9 Å². The standard InChI is InChI=1S/C22H23ClN2O4S/c1-4-27-16-11-7-10-15-18-17(20(26)28-5-2)22(3,29-19(15)16)25(21(30)24-18)14-9-6-8-13(23)12-14/h6-12,17-18H,4-5H2,1-3H3,(H,24,30)/t17-,18-,22-/m1/s1. The Morgan fingerprint density at radius 1 is 1.27 bits per heavy atom. The van der Waals surface area contributed by atoms with Gasteiger partial charge in [0.25, 0.3) is 0 Å². The summed E-state index contributed by atoms with van der Waals surface area (Å²) in [7, 11) is 0. The molecule has 0 saturated carbocycles. The van der Waals surface area contributed by atoms with Crippen LogP contribution in [0.4, 0.5) is 5.69 Å². The van der Waals surface area contributed by atoms with Gasteiger partial charge >= 0.3 is 5.97 Å². The summed E-state index contributed by atoms with van der Waals surface area (Å²) < 4.78 is 17.8. The van der Waals surface area contributed by atoms with E-state index in [1.54, 1.807) is 24.0 Å². The number of carbonyl (C=O) groups is 1. The van der Waals surface area contributed by atoms with Crippen LogP contribution in [0, 0.1) is 5.92 Å². The normalized spacial score (nSPS) is 24.4. The first-order valence-electron chi connectivity index (χ1n) is 9.88. The van der Waals surface area contributed by atoms with Crippen LogP contribution in [0.25, 0.3) is 0 Å². The van der Waals surface area contributed by atoms with Gasteiger partial charge in [-0.3, -0.25) is 9.69 Å². The summed E-state index contributed by atoms with van der Waals surface area (Å²) in [6.07, 6.45) is 0. The zero-order valence-corrected chi connectivity index (χ0v) is 18.5. The molecular weight excluding hydrogens is 424 g/mol. The number of anilines is 1. The summed E-state index contributed by atoms with van der Waals surface area (Å²) in [6, 6.07) is 12.5. The summed E-state index contributed by atoms with van der Waals surface area (Å²) in [6.45, 7) is 6.31. The van der Waals surface area contributed by atoms with Crippen molar-refractivity contribution in [2.24, 2.45) is 5.92 Å². The number of nitrogens with one attached hydrogen (secondary N) is 1. The largest absolute Gasteiger partial charge is 0.490 e. The van der Waals surface area contributed by atoms with Crippen molar-refractivity contribution in [3.8, 4) is 11.5 Å². The molecule has 2 bridgehead atoms. The number of thiocarbonyl (C=S) groups is 1. The highest BCUT2D eigenvalue weighted by atomic mass is 35.5. The molecular formula is C22H23ClN2O4S. The van der Waals surface area contributed by atoms with Crippen LogP contribution >= 0.6 is 23.8 Å². The maximum atomic E-state index is 13.1. The molecule has 1 N–H and O–H groups in total. The second-order valence-electron chi connectivity index (χ2n) is 7.24. The number of carbonyl (C=O) groups excluding carboxylic acids is 1. The number of ether oxygens (including phenoxy) is 3. The van der Waals surface area contributed by atoms with Gasteiger partial charge in [-0.25, -0.2) is 0 Å². The van der Waals surface area contributed by atoms with Crippen LogP contribution in [0.3, 0.4) is 0 Å². The molecule has 30 heavy (non-hydrogen) atoms. The minimum absolute atomic E-state index is 0.269. The van der Waals surface area contributed by atoms with Crippen molar-refractivity contribution in [2.75, 3.05) is 18.1 Å². The first-order chi connectivity index (χ1) is 14.4. The van der Waals surface area contributed by atoms with Crippen molar-refractivity contribution in [3.63, 3.8) is 0 Å². The Hall–Kier alpha value is -2.51. The Morgan fingerprint density at radius 2 is 2.03 bits per heavy atom. The van der Waals surface area contributed by atoms with Crippen molar-refractivity contribution >= 4 is 40.6 Å². The van der Waals surface area contributed by atoms with E-state index >= 15 is 0 Å². The van der Waals surface area contributed by atoms with Gasteiger partial charge in [0.2, 0.25) is 5.72 Å². The smallest absolute Gasteiger partial charge is 0.317 e. The van der Waals surface area contributed by atoms with Crippen LogP contribution in [-0.2, 0) is 9.53 Å². The summed E-state index contributed by atoms with van der Waals surface area (Å²) >= 11 is 11.9. The SMILES string of the molecule is CCOC(=O)[C@H]1[C@@H]2NC(=S)N(c3cccc(Cl)c3)[C@]1(C)Oc1c(OCC)cccc12. The Bertz CT molecular complexity index is 1000. The van der Waals surface area contributed by atoms with E-state index in [9.17, 15) is 4.79 Å². The van der Waals surface area contributed by atoms with Crippen molar-refractivity contribution < 1.29 is 19.0 Å². The number of fused-ring (bicyclic) bond motifs is 4. The molecule has 0 aromatic heterocycles. The lowest BCUT2D eigenvalue weighted by atomic mass is 9.79. The first-order valence-corrected chi connectivity index (χ1v) is 10.7. The summed E-state index contributed by atoms with van der Waals surface area (Å²) in [4.78, 5) is 14.9. The van der Waals surface area contributed by atoms with Crippen LogP contribution in [-0.4, -0.2) is 30.0 Å². The minimum atomic E-state index is -1.15. The number of para-hydroxylation sites is 1. The number of rotatable bonds is 5. The van der Waals surface area contributed by atoms with Gasteiger partial charge in [-0.1, -0.05) is 29.8 Å². The Morgan fingerprint density at radius 3 is 2.73 bits per heavy atom. The molecule has 0 radical (unpaired) electrons. The van der Waals surface area contributed by atoms with E-state index in [1.807, 2.05) is 44.2 Å². The third-order valence-electron chi connectivity index (χ3n) is 5.40. The number of benzene rings is 2. The van der Waals surface area contributed by atoms with Crippen LogP contribution in [0.2, 0.25) is 5.02 Å². The predicted octanol–water partition coefficient (Wildman–Crippen LogP) is 4.46. The summed E-state index contributed by atoms with van der Waals surface area (Å²) in [5.74, 6) is 0.177. The zero-order valence-electron chi connectivity index (χ0n) is 17.0. The van der Waals surface area contributed by atoms with E-state index in [4.69, 9.17) is 38.0 Å². The molecule has 6 nitrogen and oxygen atoms in total. The van der Waals surface area contributed by atoms with E-state index in [2.05, 4.69) is 5.32 Å². The summed E-state index contributed by atoms with van der Waals surface area (Å²) in [5.41, 5.74) is 0.376. The number of hydrogen-bond acceptors (Lipinski definition) is 5. The fraction of sp³-hybridized carbons (Fsp3) is 0.364. The van der Waals surface area contributed by atoms with Gasteiger partial charge in [-0.15, -0.1) is 0 Å². The molecule has 2 heterocycles. The molecule has 0 amide bonds. The van der Waals surface area contributed by atoms with Gasteiger partial charge in [0.05, 0.1) is 19.3 Å². The fourth-order valence-corrected chi connectivity index (χ4v) is 4.83. The maximum Gasteiger partial charge on any atom is 0.317 e. The molecule has 3 atom stereocenters. The first kappa shape index (κ1) is 20.8. The third-order valence-corrected chi connectivity index (χ3v) is 5.93. The number of halogens is 1. The van der Waals surface area contributed by atoms with Crippen LogP contribution < -0.4 is 19.7 Å². The second kappa shape index (κ2) is 7.96. The van der Waals surface area contributed by atoms with Gasteiger partial charge in [0, 0.05) is 16.3 Å². The molecule has 2 aliphatic heterocycles. The minimum Gasteiger partial charge on any atom is -0.490 e. The zero-order chi connectivity index (χ0) is 21.5. The molecule has 0 unspecified atom stereocenters. The number of nitrogens with zero attached hydrogens (tertiary/aromatic N) is 1. The second-order valence-corrected chi connectivity index (χ2v) is 8.06. The molecule has 158 valence electrons. The van der Waals surface area contributed by atoms with E-state index in [-0.39, 0.29) is 12.6 Å². The quantitative estimate of drug-likeness (QED) is 0.537. The van der Waals surface area contributed by atoms with Crippen molar-refractivity contribution in [1.29, 1.82) is 0 Å². The molecule has 2 aromatic carbocycles. The predicted molar refractivity (Wildman–Crippen MR) is 119 cm³/mol. The molecule has 0 aliphatic carbocycles. The van der Waals surface area contributed by atoms with Crippen molar-refractivity contribution in [2.45, 2.75) is 32.5 Å². The van der Waals surface area contributed by atoms with Gasteiger partial charge < -0.3 is 19.5 Å². The van der Waals surface area contributed by atoms with Crippen LogP contribution in [0.5, 0.6) is 11.5 Å². The lowest BCUT2D eigenvalue weighted by Crippen LogP contribution is -2.71. The molecule has 2 aromatic rings. The maximum absolute atomic E-state index is 13.1. The van der Waals surface area contributed by atoms with Gasteiger partial charge in [0.15, 0.2) is 16.6 Å². The van der Waals surface area contributed by atoms with E-state index in [1.165, 1.54) is 0 Å². The highest BCUT2D eigenvalue weighted by Crippen LogP contribution is 2.52. The van der Waals surface area contributed by atoms with Gasteiger partial charge in [-0.2, -0.15) is 0 Å². The van der Waals surface area contributed by atoms with Crippen molar-refractivity contribution in [1.82, 2.24) is 5.32 Å². The molecule has 1 fully saturated rings. The molecule has 1 saturated heterocycles. The molecule has 8 heteroatoms. The summed E-state index contributed by atoms with van der Waals surface area (Å²) in [5, 5.41) is 4.33. The number of esters is 1. The Labute approximate surface area is 186 Å². The monoisotopic (exact) mass is 446 g/mol. The highest BCUT2D eigenvalue weighted by Gasteiger charge is 2.60. The Balaban J connectivity index is 1.91. The third kappa shape index (κ3) is 3.26. The van der Waals surface area contributed by atoms with Gasteiger partial charge in [-0.05, 0) is 57.3 Å². The van der Waals surface area contributed by atoms with E-state index in [0.717, 1.165) is 5.56 Å². The topological polar surface area (TPSA) is 60.0 Å². The Kier molecular flexibility index (Phi) is 5.51. The molecule has 4 rings (SSSR count). The molecule has 2 aliphatic rings. The lowest BCUT2D eigenvalue weighted by molar-refractivity contribution is -0.159. The van der Waals surface area contributed by atoms with Crippen molar-refractivity contribution in [3.05, 3.63) is 53.1 Å². The molecule has 0 spiro atoms.